The van der Waals surface area contributed by atoms with E-state index in [0.717, 1.165) is 90.3 Å². The molecule has 58 heavy (non-hydrogen) atoms. The first-order valence-corrected chi connectivity index (χ1v) is 24.9. The zero-order valence-electron chi connectivity index (χ0n) is 30.4. The second-order valence-corrected chi connectivity index (χ2v) is 17.9. The summed E-state index contributed by atoms with van der Waals surface area (Å²) in [5.74, 6) is 2.98. The Morgan fingerprint density at radius 3 is 0.724 bits per heavy atom. The number of rotatable bonds is 16. The van der Waals surface area contributed by atoms with Crippen LogP contribution in [0.5, 0.6) is 23.0 Å². The standard InChI is InChI=1S/C42H30N8O4Se4/c1-9-35(10-2-27(1)39-23-55-47-43-39)51-19-31-17-33(21-53-37-13-5-29(6-14-37)41-25-57-49-45-41)34(22-54-38-15-7-30(8-16-38)42-26-58-50-46-42)18-32(31)20-52-36-11-3-28(4-12-36)40-24-56-48-44-40/h1-18,23-26H,19-22H2. The van der Waals surface area contributed by atoms with Crippen LogP contribution in [0.4, 0.5) is 0 Å². The van der Waals surface area contributed by atoms with Crippen LogP contribution in [0.3, 0.4) is 0 Å². The number of ether oxygens (including phenoxy) is 4. The van der Waals surface area contributed by atoms with Gasteiger partial charge in [0.05, 0.1) is 0 Å². The molecule has 0 amide bonds. The van der Waals surface area contributed by atoms with E-state index in [1.807, 2.05) is 97.1 Å². The second-order valence-electron chi connectivity index (χ2n) is 12.8. The average Bonchev–Trinajstić information content (AvgIpc) is 4.14. The molecular formula is C42H30N8O4Se4. The molecular weight excluding hydrogens is 996 g/mol. The summed E-state index contributed by atoms with van der Waals surface area (Å²) in [6.45, 7) is 1.25. The number of aromatic nitrogens is 8. The third kappa shape index (κ3) is 9.53. The Morgan fingerprint density at radius 2 is 0.534 bits per heavy atom. The molecule has 9 aromatic rings. The van der Waals surface area contributed by atoms with E-state index in [2.05, 4.69) is 68.7 Å². The van der Waals surface area contributed by atoms with Crippen molar-refractivity contribution in [1.29, 1.82) is 0 Å². The van der Waals surface area contributed by atoms with E-state index >= 15 is 0 Å². The molecule has 4 heterocycles. The zero-order valence-corrected chi connectivity index (χ0v) is 37.2. The predicted octanol–water partition coefficient (Wildman–Crippen LogP) is 6.06. The normalized spacial score (nSPS) is 11.0. The fourth-order valence-electron chi connectivity index (χ4n) is 6.02. The Bertz CT molecular complexity index is 2270. The van der Waals surface area contributed by atoms with Crippen LogP contribution in [0.1, 0.15) is 22.3 Å². The number of hydrogen-bond acceptors (Lipinski definition) is 12. The van der Waals surface area contributed by atoms with Crippen LogP contribution < -0.4 is 18.9 Å². The molecule has 0 spiro atoms. The van der Waals surface area contributed by atoms with Gasteiger partial charge in [-0.25, -0.2) is 0 Å². The van der Waals surface area contributed by atoms with Gasteiger partial charge in [0.15, 0.2) is 0 Å². The van der Waals surface area contributed by atoms with E-state index in [-0.39, 0.29) is 58.9 Å². The van der Waals surface area contributed by atoms with Crippen molar-refractivity contribution in [1.82, 2.24) is 36.8 Å². The van der Waals surface area contributed by atoms with E-state index in [9.17, 15) is 0 Å². The van der Waals surface area contributed by atoms with Crippen LogP contribution in [0.2, 0.25) is 0 Å². The molecule has 9 rings (SSSR count). The topological polar surface area (TPSA) is 140 Å². The summed E-state index contributed by atoms with van der Waals surface area (Å²) >= 11 is 0.276. The van der Waals surface area contributed by atoms with Gasteiger partial charge in [-0.3, -0.25) is 0 Å². The molecule has 0 fully saturated rings. The summed E-state index contributed by atoms with van der Waals surface area (Å²) in [7, 11) is 0. The van der Waals surface area contributed by atoms with Crippen molar-refractivity contribution in [2.75, 3.05) is 0 Å². The summed E-state index contributed by atoms with van der Waals surface area (Å²) in [5, 5.41) is 17.0. The van der Waals surface area contributed by atoms with Crippen molar-refractivity contribution in [3.05, 3.63) is 151 Å². The van der Waals surface area contributed by atoms with Gasteiger partial charge in [-0.15, -0.1) is 0 Å². The van der Waals surface area contributed by atoms with Crippen molar-refractivity contribution in [3.8, 4) is 68.0 Å². The second kappa shape index (κ2) is 18.5. The molecule has 0 saturated carbocycles. The maximum absolute atomic E-state index is 6.42. The average molecular weight is 1030 g/mol. The number of benzene rings is 5. The molecule has 0 unspecified atom stereocenters. The van der Waals surface area contributed by atoms with E-state index in [4.69, 9.17) is 18.9 Å². The van der Waals surface area contributed by atoms with Gasteiger partial charge < -0.3 is 0 Å². The molecule has 5 aromatic carbocycles. The fourth-order valence-corrected chi connectivity index (χ4v) is 9.93. The van der Waals surface area contributed by atoms with Crippen LogP contribution in [-0.4, -0.2) is 95.7 Å². The Kier molecular flexibility index (Phi) is 12.2. The Morgan fingerprint density at radius 1 is 0.310 bits per heavy atom. The Hall–Kier alpha value is -5.26. The van der Waals surface area contributed by atoms with Crippen LogP contribution in [0, 0.1) is 0 Å². The van der Waals surface area contributed by atoms with Gasteiger partial charge in [-0.2, -0.15) is 0 Å². The van der Waals surface area contributed by atoms with Gasteiger partial charge in [0, 0.05) is 0 Å². The van der Waals surface area contributed by atoms with Crippen LogP contribution in [0.25, 0.3) is 45.0 Å². The SMILES string of the molecule is c1cc(-c2c[se]nn2)ccc1OCc1cc(COc2ccc(-c3c[se]nn3)cc2)c(COc2ccc(-c3c[se]nn3)cc2)cc1COc1ccc(-c2c[se]nn2)cc1. The summed E-state index contributed by atoms with van der Waals surface area (Å²) in [4.78, 5) is 8.28. The van der Waals surface area contributed by atoms with Crippen molar-refractivity contribution >= 4 is 58.9 Å². The van der Waals surface area contributed by atoms with E-state index in [1.54, 1.807) is 0 Å². The van der Waals surface area contributed by atoms with Crippen molar-refractivity contribution < 1.29 is 18.9 Å². The molecule has 0 bridgehead atoms. The molecule has 0 aliphatic heterocycles. The third-order valence-electron chi connectivity index (χ3n) is 9.14. The minimum atomic E-state index is 0.0690. The third-order valence-corrected chi connectivity index (χ3v) is 13.4. The number of hydrogen-bond donors (Lipinski definition) is 0. The summed E-state index contributed by atoms with van der Waals surface area (Å²) in [6.07, 6.45) is 0. The molecule has 0 atom stereocenters. The molecule has 0 radical (unpaired) electrons. The van der Waals surface area contributed by atoms with E-state index < -0.39 is 0 Å². The Balaban J connectivity index is 0.995. The Labute approximate surface area is 357 Å². The van der Waals surface area contributed by atoms with Crippen molar-refractivity contribution in [2.45, 2.75) is 26.4 Å². The molecule has 4 aromatic heterocycles. The predicted molar refractivity (Wildman–Crippen MR) is 221 cm³/mol. The molecule has 286 valence electrons. The minimum absolute atomic E-state index is 0.0690. The molecule has 0 N–H and O–H groups in total. The van der Waals surface area contributed by atoms with Gasteiger partial charge in [-0.1, -0.05) is 0 Å². The van der Waals surface area contributed by atoms with Gasteiger partial charge in [0.1, 0.15) is 0 Å². The fraction of sp³-hybridized carbons (Fsp3) is 0.0952. The zero-order chi connectivity index (χ0) is 38.9. The van der Waals surface area contributed by atoms with Crippen LogP contribution >= 0.6 is 0 Å². The van der Waals surface area contributed by atoms with Crippen molar-refractivity contribution in [2.24, 2.45) is 0 Å². The van der Waals surface area contributed by atoms with Crippen molar-refractivity contribution in [3.63, 3.8) is 0 Å². The molecule has 12 nitrogen and oxygen atoms in total. The van der Waals surface area contributed by atoms with Gasteiger partial charge in [0.25, 0.3) is 0 Å². The van der Waals surface area contributed by atoms with E-state index in [0.29, 0.717) is 26.4 Å². The first-order valence-electron chi connectivity index (χ1n) is 17.8. The summed E-state index contributed by atoms with van der Waals surface area (Å²) in [6, 6.07) is 36.1. The summed E-state index contributed by atoms with van der Waals surface area (Å²) < 4.78 is 42.2. The molecule has 0 aliphatic rings. The van der Waals surface area contributed by atoms with Gasteiger partial charge in [-0.05, 0) is 0 Å². The van der Waals surface area contributed by atoms with E-state index in [1.165, 1.54) is 0 Å². The first kappa shape index (κ1) is 38.3. The first-order chi connectivity index (χ1) is 28.7. The van der Waals surface area contributed by atoms with Crippen LogP contribution in [-0.2, 0) is 26.4 Å². The van der Waals surface area contributed by atoms with Crippen LogP contribution in [0.15, 0.2) is 129 Å². The quantitative estimate of drug-likeness (QED) is 0.104. The maximum atomic E-state index is 6.42. The van der Waals surface area contributed by atoms with Gasteiger partial charge in [0.2, 0.25) is 0 Å². The molecule has 0 saturated heterocycles. The molecule has 16 heteroatoms. The number of nitrogens with zero attached hydrogens (tertiary/aromatic N) is 8. The molecule has 0 aliphatic carbocycles. The summed E-state index contributed by atoms with van der Waals surface area (Å²) in [5.41, 5.74) is 11.5. The van der Waals surface area contributed by atoms with Gasteiger partial charge >= 0.3 is 360 Å². The monoisotopic (exact) mass is 1030 g/mol.